The SMILES string of the molecule is CCCOC(=O)[C@H](C)NP(=O)(Oc1ccccc1)[C@@H](F)c1ccc2sc(C(=O)NC3CCCC[C@H]4CC[C@@H](C(=O)N5C[C@H](c6cccc(C#N)c6)[C@@H](C)C56CC6)N4C3=O)cc2c1. The number of likely N-dealkylation sites (tertiary alicyclic amines) is 1. The maximum Gasteiger partial charge on any atom is 0.355 e. The minimum atomic E-state index is -4.45. The molecule has 4 fully saturated rings. The van der Waals surface area contributed by atoms with Gasteiger partial charge in [-0.15, -0.1) is 11.3 Å². The lowest BCUT2D eigenvalue weighted by Crippen LogP contribution is -2.57. The van der Waals surface area contributed by atoms with Crippen LogP contribution in [0.5, 0.6) is 5.75 Å². The van der Waals surface area contributed by atoms with E-state index in [1.165, 1.54) is 30.4 Å². The monoisotopic (exact) mass is 881 g/mol. The standard InChI is InChI=1S/C47H53FN5O7PS/c1-4-23-59-46(57)30(3)51-61(58,60-36-14-6-5-7-15-36)42(48)33-17-20-40-34(25-33)26-41(62-40)43(54)50-38-16-9-8-13-35-18-19-39(53(35)44(38)55)45(56)52-28-37(29(2)47(52)21-22-47)32-12-10-11-31(24-32)27-49/h5-7,10-12,14-15,17,20,24-26,29-30,35,37-39,42H,4,8-9,13,16,18-19,21-23,28H2,1-3H3,(H,50,54)(H,51,58)/t29-,30+,35+,37+,38?,39+,42-,61?/m1/s1. The number of carbonyl (C=O) groups is 4. The summed E-state index contributed by atoms with van der Waals surface area (Å²) in [5.74, 6) is -3.16. The van der Waals surface area contributed by atoms with E-state index in [1.807, 2.05) is 30.0 Å². The Balaban J connectivity index is 0.986. The van der Waals surface area contributed by atoms with Crippen molar-refractivity contribution in [3.63, 3.8) is 0 Å². The summed E-state index contributed by atoms with van der Waals surface area (Å²) < 4.78 is 42.6. The number of fused-ring (bicyclic) bond motifs is 2. The van der Waals surface area contributed by atoms with Crippen molar-refractivity contribution in [3.05, 3.63) is 100 Å². The van der Waals surface area contributed by atoms with E-state index in [2.05, 4.69) is 23.4 Å². The summed E-state index contributed by atoms with van der Waals surface area (Å²) in [6.07, 6.45) is 6.55. The first-order chi connectivity index (χ1) is 29.9. The number of alkyl halides is 1. The third-order valence-corrected chi connectivity index (χ3v) is 16.5. The molecule has 8 atom stereocenters. The fraction of sp³-hybridized carbons (Fsp3) is 0.468. The molecule has 62 heavy (non-hydrogen) atoms. The highest BCUT2D eigenvalue weighted by atomic mass is 32.1. The van der Waals surface area contributed by atoms with Gasteiger partial charge in [0.15, 0.2) is 0 Å². The van der Waals surface area contributed by atoms with Gasteiger partial charge in [-0.3, -0.25) is 23.7 Å². The van der Waals surface area contributed by atoms with Crippen molar-refractivity contribution >= 4 is 52.6 Å². The zero-order valence-corrected chi connectivity index (χ0v) is 37.0. The first kappa shape index (κ1) is 43.6. The number of nitrogens with one attached hydrogen (secondary N) is 2. The number of hydrogen-bond acceptors (Lipinski definition) is 9. The van der Waals surface area contributed by atoms with Crippen LogP contribution in [0, 0.1) is 17.2 Å². The van der Waals surface area contributed by atoms with Crippen LogP contribution in [0.25, 0.3) is 10.1 Å². The lowest BCUT2D eigenvalue weighted by molar-refractivity contribution is -0.148. The maximum absolute atomic E-state index is 16.6. The number of benzene rings is 3. The van der Waals surface area contributed by atoms with Gasteiger partial charge in [-0.2, -0.15) is 5.26 Å². The largest absolute Gasteiger partial charge is 0.465 e. The van der Waals surface area contributed by atoms with Gasteiger partial charge in [0.2, 0.25) is 17.7 Å². The van der Waals surface area contributed by atoms with Gasteiger partial charge in [0.05, 0.1) is 23.1 Å². The van der Waals surface area contributed by atoms with E-state index in [9.17, 15) is 29.0 Å². The third-order valence-electron chi connectivity index (χ3n) is 13.3. The number of hydrogen-bond donors (Lipinski definition) is 2. The molecule has 0 radical (unpaired) electrons. The van der Waals surface area contributed by atoms with Gasteiger partial charge in [-0.05, 0) is 117 Å². The summed E-state index contributed by atoms with van der Waals surface area (Å²) in [7, 11) is -4.45. The van der Waals surface area contributed by atoms with Crippen LogP contribution in [0.4, 0.5) is 4.39 Å². The summed E-state index contributed by atoms with van der Waals surface area (Å²) in [5, 5.41) is 15.7. The quantitative estimate of drug-likeness (QED) is 0.0990. The summed E-state index contributed by atoms with van der Waals surface area (Å²) in [5.41, 5.74) is 1.42. The molecule has 3 amide bonds. The zero-order chi connectivity index (χ0) is 43.8. The molecule has 1 saturated carbocycles. The topological polar surface area (TPSA) is 158 Å². The average Bonchev–Trinajstić information content (AvgIpc) is 3.64. The van der Waals surface area contributed by atoms with E-state index < -0.39 is 43.4 Å². The Morgan fingerprint density at radius 2 is 1.79 bits per heavy atom. The highest BCUT2D eigenvalue weighted by Crippen LogP contribution is 2.59. The zero-order valence-electron chi connectivity index (χ0n) is 35.3. The summed E-state index contributed by atoms with van der Waals surface area (Å²) >= 11 is 1.19. The van der Waals surface area contributed by atoms with Crippen LogP contribution in [-0.4, -0.2) is 76.3 Å². The summed E-state index contributed by atoms with van der Waals surface area (Å²) in [4.78, 5) is 60.0. The van der Waals surface area contributed by atoms with Crippen LogP contribution >= 0.6 is 18.9 Å². The number of para-hydroxylation sites is 1. The molecule has 4 heterocycles. The van der Waals surface area contributed by atoms with Crippen LogP contribution in [0.15, 0.2) is 78.9 Å². The van der Waals surface area contributed by atoms with Gasteiger partial charge < -0.3 is 24.4 Å². The fourth-order valence-electron chi connectivity index (χ4n) is 9.81. The molecule has 4 aromatic rings. The number of rotatable bonds is 13. The molecule has 4 aliphatic rings. The lowest BCUT2D eigenvalue weighted by Gasteiger charge is -2.38. The van der Waals surface area contributed by atoms with Crippen molar-refractivity contribution in [1.29, 1.82) is 5.26 Å². The number of nitriles is 1. The molecule has 326 valence electrons. The second-order valence-electron chi connectivity index (χ2n) is 17.3. The molecule has 2 unspecified atom stereocenters. The molecule has 3 saturated heterocycles. The summed E-state index contributed by atoms with van der Waals surface area (Å²) in [6, 6.07) is 21.6. The maximum atomic E-state index is 16.6. The molecule has 15 heteroatoms. The van der Waals surface area contributed by atoms with Gasteiger partial charge in [0.25, 0.3) is 5.91 Å². The van der Waals surface area contributed by atoms with E-state index in [4.69, 9.17) is 9.26 Å². The summed E-state index contributed by atoms with van der Waals surface area (Å²) in [6.45, 7) is 6.18. The smallest absolute Gasteiger partial charge is 0.355 e. The number of halogens is 1. The van der Waals surface area contributed by atoms with Gasteiger partial charge in [-0.1, -0.05) is 63.1 Å². The van der Waals surface area contributed by atoms with E-state index in [0.29, 0.717) is 46.3 Å². The number of ether oxygens (including phenoxy) is 1. The molecular formula is C47H53FN5O7PS. The van der Waals surface area contributed by atoms with Crippen LogP contribution in [0.3, 0.4) is 0 Å². The number of thiophene rings is 1. The molecule has 12 nitrogen and oxygen atoms in total. The Morgan fingerprint density at radius 1 is 1.02 bits per heavy atom. The van der Waals surface area contributed by atoms with E-state index in [1.54, 1.807) is 53.4 Å². The molecule has 3 aromatic carbocycles. The van der Waals surface area contributed by atoms with Crippen molar-refractivity contribution in [3.8, 4) is 11.8 Å². The first-order valence-corrected chi connectivity index (χ1v) is 24.3. The van der Waals surface area contributed by atoms with Gasteiger partial charge in [0.1, 0.15) is 23.9 Å². The molecule has 0 bridgehead atoms. The minimum Gasteiger partial charge on any atom is -0.465 e. The van der Waals surface area contributed by atoms with Crippen LogP contribution in [-0.2, 0) is 23.7 Å². The van der Waals surface area contributed by atoms with Crippen molar-refractivity contribution in [2.45, 2.75) is 120 Å². The number of carbonyl (C=O) groups excluding carboxylic acids is 4. The molecule has 2 N–H and O–H groups in total. The van der Waals surface area contributed by atoms with Crippen molar-refractivity contribution in [1.82, 2.24) is 20.2 Å². The molecule has 8 rings (SSSR count). The van der Waals surface area contributed by atoms with Crippen LogP contribution in [0.1, 0.15) is 117 Å². The molecule has 1 spiro atoms. The Kier molecular flexibility index (Phi) is 12.6. The predicted molar refractivity (Wildman–Crippen MR) is 234 cm³/mol. The Labute approximate surface area is 365 Å². The molecule has 3 aliphatic heterocycles. The second-order valence-corrected chi connectivity index (χ2v) is 20.4. The van der Waals surface area contributed by atoms with Crippen molar-refractivity contribution in [2.75, 3.05) is 13.2 Å². The Hall–Kier alpha value is -5.09. The molecule has 1 aromatic heterocycles. The number of esters is 1. The normalized spacial score (nSPS) is 24.9. The molecule has 1 aliphatic carbocycles. The third kappa shape index (κ3) is 8.51. The Morgan fingerprint density at radius 3 is 2.53 bits per heavy atom. The average molecular weight is 882 g/mol. The van der Waals surface area contributed by atoms with Gasteiger partial charge >= 0.3 is 13.5 Å². The van der Waals surface area contributed by atoms with E-state index in [0.717, 1.165) is 44.1 Å². The highest BCUT2D eigenvalue weighted by Gasteiger charge is 2.62. The first-order valence-electron chi connectivity index (χ1n) is 21.8. The number of nitrogens with zero attached hydrogens (tertiary/aromatic N) is 3. The lowest BCUT2D eigenvalue weighted by atomic mass is 9.85. The second kappa shape index (κ2) is 17.9. The number of amides is 3. The predicted octanol–water partition coefficient (Wildman–Crippen LogP) is 8.77. The van der Waals surface area contributed by atoms with Crippen LogP contribution < -0.4 is 14.9 Å². The minimum absolute atomic E-state index is 0.0245. The van der Waals surface area contributed by atoms with Crippen molar-refractivity contribution in [2.24, 2.45) is 5.92 Å². The highest BCUT2D eigenvalue weighted by molar-refractivity contribution is 7.57. The fourth-order valence-corrected chi connectivity index (χ4v) is 12.7. The van der Waals surface area contributed by atoms with Crippen LogP contribution in [0.2, 0.25) is 0 Å². The van der Waals surface area contributed by atoms with E-state index >= 15 is 4.39 Å². The van der Waals surface area contributed by atoms with Gasteiger partial charge in [0, 0.05) is 28.7 Å². The van der Waals surface area contributed by atoms with E-state index in [-0.39, 0.29) is 53.2 Å². The Bertz CT molecular complexity index is 2440. The van der Waals surface area contributed by atoms with Gasteiger partial charge in [-0.25, -0.2) is 9.48 Å². The van der Waals surface area contributed by atoms with Crippen molar-refractivity contribution < 1.29 is 37.4 Å². The molecular weight excluding hydrogens is 829 g/mol.